The molecule has 0 aliphatic rings. The van der Waals surface area contributed by atoms with E-state index in [9.17, 15) is 19.2 Å². The molecular formula is C15H27N3O4. The van der Waals surface area contributed by atoms with Crippen LogP contribution in [0.4, 0.5) is 0 Å². The molecule has 2 atom stereocenters. The average Bonchev–Trinajstić information content (AvgIpc) is 2.40. The van der Waals surface area contributed by atoms with Gasteiger partial charge in [-0.1, -0.05) is 20.8 Å². The van der Waals surface area contributed by atoms with Crippen LogP contribution in [0.5, 0.6) is 0 Å². The van der Waals surface area contributed by atoms with Crippen LogP contribution in [0.15, 0.2) is 0 Å². The highest BCUT2D eigenvalue weighted by Gasteiger charge is 2.25. The molecule has 7 heteroatoms. The van der Waals surface area contributed by atoms with Gasteiger partial charge in [-0.15, -0.1) is 0 Å². The zero-order valence-corrected chi connectivity index (χ0v) is 13.8. The van der Waals surface area contributed by atoms with Crippen LogP contribution in [-0.4, -0.2) is 35.6 Å². The summed E-state index contributed by atoms with van der Waals surface area (Å²) in [6.45, 7) is 6.91. The first-order valence-electron chi connectivity index (χ1n) is 7.55. The Balaban J connectivity index is 4.77. The summed E-state index contributed by atoms with van der Waals surface area (Å²) in [6.07, 6.45) is 1.17. The lowest BCUT2D eigenvalue weighted by Gasteiger charge is -2.22. The van der Waals surface area contributed by atoms with Crippen molar-refractivity contribution in [2.75, 3.05) is 0 Å². The molecule has 0 aromatic rings. The number of nitrogens with one attached hydrogen (secondary N) is 2. The molecular weight excluding hydrogens is 286 g/mol. The summed E-state index contributed by atoms with van der Waals surface area (Å²) in [5, 5.41) is 5.09. The minimum atomic E-state index is -0.911. The third-order valence-corrected chi connectivity index (χ3v) is 3.17. The van der Waals surface area contributed by atoms with Gasteiger partial charge in [0.05, 0.1) is 0 Å². The molecule has 0 aliphatic heterocycles. The summed E-state index contributed by atoms with van der Waals surface area (Å²) in [6, 6.07) is -1.63. The number of carbonyl (C=O) groups excluding carboxylic acids is 4. The molecule has 0 saturated carbocycles. The van der Waals surface area contributed by atoms with E-state index in [-0.39, 0.29) is 30.4 Å². The van der Waals surface area contributed by atoms with E-state index < -0.39 is 23.9 Å². The van der Waals surface area contributed by atoms with Crippen LogP contribution in [-0.2, 0) is 19.2 Å². The fraction of sp³-hybridized carbons (Fsp3) is 0.733. The Morgan fingerprint density at radius 3 is 2.05 bits per heavy atom. The number of nitrogens with two attached hydrogens (primary N) is 1. The van der Waals surface area contributed by atoms with Gasteiger partial charge in [-0.05, 0) is 18.8 Å². The molecule has 0 saturated heterocycles. The first-order valence-corrected chi connectivity index (χ1v) is 7.55. The number of primary amides is 1. The molecule has 0 radical (unpaired) electrons. The second-order valence-corrected chi connectivity index (χ2v) is 5.78. The zero-order valence-electron chi connectivity index (χ0n) is 13.8. The Hall–Kier alpha value is -1.92. The molecule has 0 spiro atoms. The Morgan fingerprint density at radius 1 is 1.05 bits per heavy atom. The maximum absolute atomic E-state index is 12.2. The van der Waals surface area contributed by atoms with Crippen molar-refractivity contribution in [1.29, 1.82) is 0 Å². The van der Waals surface area contributed by atoms with Crippen molar-refractivity contribution >= 4 is 23.5 Å². The molecule has 0 bridgehead atoms. The Labute approximate surface area is 131 Å². The second kappa shape index (κ2) is 9.92. The molecule has 0 aromatic carbocycles. The number of Topliss-reactive ketones (excluding diaryl/α,β-unsaturated/α-hetero) is 1. The van der Waals surface area contributed by atoms with Crippen molar-refractivity contribution in [2.24, 2.45) is 11.7 Å². The first kappa shape index (κ1) is 20.1. The van der Waals surface area contributed by atoms with Gasteiger partial charge in [-0.2, -0.15) is 0 Å². The molecule has 0 unspecified atom stereocenters. The van der Waals surface area contributed by atoms with Gasteiger partial charge in [0.1, 0.15) is 17.9 Å². The number of hydrogen-bond acceptors (Lipinski definition) is 4. The lowest BCUT2D eigenvalue weighted by atomic mass is 10.0. The third-order valence-electron chi connectivity index (χ3n) is 3.17. The van der Waals surface area contributed by atoms with Crippen molar-refractivity contribution < 1.29 is 19.2 Å². The van der Waals surface area contributed by atoms with E-state index in [2.05, 4.69) is 10.6 Å². The quantitative estimate of drug-likeness (QED) is 0.536. The summed E-state index contributed by atoms with van der Waals surface area (Å²) in [5.41, 5.74) is 5.26. The maximum atomic E-state index is 12.2. The van der Waals surface area contributed by atoms with E-state index >= 15 is 0 Å². The normalized spacial score (nSPS) is 13.3. The molecule has 126 valence electrons. The highest BCUT2D eigenvalue weighted by atomic mass is 16.2. The molecule has 3 amide bonds. The summed E-state index contributed by atoms with van der Waals surface area (Å²) >= 11 is 0. The predicted octanol–water partition coefficient (Wildman–Crippen LogP) is 0.267. The van der Waals surface area contributed by atoms with Crippen LogP contribution in [0.3, 0.4) is 0 Å². The van der Waals surface area contributed by atoms with Crippen molar-refractivity contribution in [3.8, 4) is 0 Å². The summed E-state index contributed by atoms with van der Waals surface area (Å²) < 4.78 is 0. The van der Waals surface area contributed by atoms with E-state index in [4.69, 9.17) is 5.73 Å². The van der Waals surface area contributed by atoms with Gasteiger partial charge in [0, 0.05) is 19.8 Å². The number of carbonyl (C=O) groups is 4. The molecule has 0 heterocycles. The Morgan fingerprint density at radius 2 is 1.64 bits per heavy atom. The predicted molar refractivity (Wildman–Crippen MR) is 82.7 cm³/mol. The van der Waals surface area contributed by atoms with Gasteiger partial charge < -0.3 is 16.4 Å². The highest BCUT2D eigenvalue weighted by molar-refractivity contribution is 5.91. The van der Waals surface area contributed by atoms with Gasteiger partial charge in [0.15, 0.2) is 0 Å². The van der Waals surface area contributed by atoms with Gasteiger partial charge in [0.2, 0.25) is 17.7 Å². The number of hydrogen-bond donors (Lipinski definition) is 3. The first-order chi connectivity index (χ1) is 10.2. The lowest BCUT2D eigenvalue weighted by Crippen LogP contribution is -2.53. The van der Waals surface area contributed by atoms with Crippen molar-refractivity contribution in [3.63, 3.8) is 0 Å². The summed E-state index contributed by atoms with van der Waals surface area (Å²) in [7, 11) is 0. The molecule has 7 nitrogen and oxygen atoms in total. The molecule has 0 aromatic heterocycles. The van der Waals surface area contributed by atoms with Crippen LogP contribution >= 0.6 is 0 Å². The fourth-order valence-corrected chi connectivity index (χ4v) is 1.99. The van der Waals surface area contributed by atoms with Crippen LogP contribution in [0, 0.1) is 5.92 Å². The molecule has 0 fully saturated rings. The van der Waals surface area contributed by atoms with Crippen molar-refractivity contribution in [2.45, 2.75) is 65.5 Å². The van der Waals surface area contributed by atoms with Gasteiger partial charge >= 0.3 is 0 Å². The number of amides is 3. The molecule has 4 N–H and O–H groups in total. The van der Waals surface area contributed by atoms with Crippen molar-refractivity contribution in [3.05, 3.63) is 0 Å². The van der Waals surface area contributed by atoms with Crippen LogP contribution in [0.1, 0.15) is 53.4 Å². The number of rotatable bonds is 10. The maximum Gasteiger partial charge on any atom is 0.243 e. The molecule has 0 aliphatic carbocycles. The van der Waals surface area contributed by atoms with Crippen LogP contribution < -0.4 is 16.4 Å². The van der Waals surface area contributed by atoms with Crippen LogP contribution in [0.2, 0.25) is 0 Å². The minimum Gasteiger partial charge on any atom is -0.368 e. The van der Waals surface area contributed by atoms with Crippen LogP contribution in [0.25, 0.3) is 0 Å². The number of ketones is 1. The molecule has 22 heavy (non-hydrogen) atoms. The largest absolute Gasteiger partial charge is 0.368 e. The van der Waals surface area contributed by atoms with Crippen molar-refractivity contribution in [1.82, 2.24) is 10.6 Å². The Kier molecular flexibility index (Phi) is 9.05. The van der Waals surface area contributed by atoms with Gasteiger partial charge in [0.25, 0.3) is 0 Å². The van der Waals surface area contributed by atoms with Gasteiger partial charge in [-0.25, -0.2) is 0 Å². The zero-order chi connectivity index (χ0) is 17.3. The topological polar surface area (TPSA) is 118 Å². The van der Waals surface area contributed by atoms with E-state index in [1.54, 1.807) is 6.92 Å². The van der Waals surface area contributed by atoms with E-state index in [0.29, 0.717) is 12.8 Å². The monoisotopic (exact) mass is 313 g/mol. The van der Waals surface area contributed by atoms with E-state index in [0.717, 1.165) is 0 Å². The third kappa shape index (κ3) is 8.39. The van der Waals surface area contributed by atoms with E-state index in [1.807, 2.05) is 13.8 Å². The van der Waals surface area contributed by atoms with Gasteiger partial charge in [-0.3, -0.25) is 19.2 Å². The van der Waals surface area contributed by atoms with E-state index in [1.165, 1.54) is 6.92 Å². The SMILES string of the molecule is CCC(=O)CC[C@H](NC(=O)[C@H](CC(C)C)NC(C)=O)C(N)=O. The average molecular weight is 313 g/mol. The highest BCUT2D eigenvalue weighted by Crippen LogP contribution is 2.07. The summed E-state index contributed by atoms with van der Waals surface area (Å²) in [5.74, 6) is -1.28. The molecule has 0 rings (SSSR count). The Bertz CT molecular complexity index is 421. The summed E-state index contributed by atoms with van der Waals surface area (Å²) in [4.78, 5) is 46.2. The second-order valence-electron chi connectivity index (χ2n) is 5.78. The minimum absolute atomic E-state index is 0.00101. The smallest absolute Gasteiger partial charge is 0.243 e. The fourth-order valence-electron chi connectivity index (χ4n) is 1.99. The lowest BCUT2D eigenvalue weighted by molar-refractivity contribution is -0.131. The standard InChI is InChI=1S/C15H27N3O4/c1-5-11(20)6-7-12(14(16)21)18-15(22)13(8-9(2)3)17-10(4)19/h9,12-13H,5-8H2,1-4H3,(H2,16,21)(H,17,19)(H,18,22)/t12-,13-/m0/s1.